The van der Waals surface area contributed by atoms with Gasteiger partial charge >= 0.3 is 0 Å². The third-order valence-electron chi connectivity index (χ3n) is 2.08. The van der Waals surface area contributed by atoms with Gasteiger partial charge in [-0.3, -0.25) is 0 Å². The van der Waals surface area contributed by atoms with Crippen LogP contribution < -0.4 is 10.6 Å². The molecule has 0 fully saturated rings. The van der Waals surface area contributed by atoms with E-state index in [0.29, 0.717) is 19.0 Å². The topological polar surface area (TPSA) is 56.7 Å². The number of nitrogens with zero attached hydrogens (tertiary/aromatic N) is 1. The number of aliphatic hydroxyl groups excluding tert-OH is 1. The second kappa shape index (κ2) is 7.92. The maximum atomic E-state index is 8.74. The van der Waals surface area contributed by atoms with Crippen molar-refractivity contribution in [3.05, 3.63) is 34.9 Å². The fraction of sp³-hybridized carbons (Fsp3) is 0.417. The van der Waals surface area contributed by atoms with Crippen molar-refractivity contribution < 1.29 is 5.11 Å². The summed E-state index contributed by atoms with van der Waals surface area (Å²) in [5.74, 6) is 0.705. The first-order chi connectivity index (χ1) is 8.26. The fourth-order valence-electron chi connectivity index (χ4n) is 1.28. The summed E-state index contributed by atoms with van der Waals surface area (Å²) in [4.78, 5) is 4.39. The monoisotopic (exact) mass is 255 g/mol. The van der Waals surface area contributed by atoms with Crippen LogP contribution in [0.1, 0.15) is 12.5 Å². The van der Waals surface area contributed by atoms with Gasteiger partial charge in [0.1, 0.15) is 0 Å². The van der Waals surface area contributed by atoms with Gasteiger partial charge < -0.3 is 15.7 Å². The Labute approximate surface area is 107 Å². The third-order valence-corrected chi connectivity index (χ3v) is 2.33. The molecule has 0 aliphatic rings. The van der Waals surface area contributed by atoms with Crippen LogP contribution in [0.5, 0.6) is 0 Å². The second-order valence-electron chi connectivity index (χ2n) is 3.47. The number of aliphatic hydroxyl groups is 1. The van der Waals surface area contributed by atoms with E-state index >= 15 is 0 Å². The molecule has 0 amide bonds. The van der Waals surface area contributed by atoms with Crippen molar-refractivity contribution in [2.45, 2.75) is 13.5 Å². The lowest BCUT2D eigenvalue weighted by molar-refractivity contribution is 0.300. The zero-order valence-electron chi connectivity index (χ0n) is 9.91. The van der Waals surface area contributed by atoms with Gasteiger partial charge in [0.15, 0.2) is 5.96 Å². The van der Waals surface area contributed by atoms with Crippen LogP contribution in [0, 0.1) is 0 Å². The van der Waals surface area contributed by atoms with Crippen LogP contribution in [-0.2, 0) is 6.54 Å². The highest BCUT2D eigenvalue weighted by atomic mass is 35.5. The predicted octanol–water partition coefficient (Wildman–Crippen LogP) is 1.39. The van der Waals surface area contributed by atoms with Crippen molar-refractivity contribution in [3.8, 4) is 0 Å². The van der Waals surface area contributed by atoms with Crippen molar-refractivity contribution in [3.63, 3.8) is 0 Å². The van der Waals surface area contributed by atoms with Gasteiger partial charge in [0.05, 0.1) is 13.2 Å². The van der Waals surface area contributed by atoms with E-state index in [1.54, 1.807) is 0 Å². The van der Waals surface area contributed by atoms with E-state index in [0.717, 1.165) is 17.1 Å². The molecule has 0 bridgehead atoms. The summed E-state index contributed by atoms with van der Waals surface area (Å²) < 4.78 is 0. The molecule has 0 atom stereocenters. The molecule has 1 aromatic rings. The molecule has 5 heteroatoms. The van der Waals surface area contributed by atoms with Crippen LogP contribution in [0.4, 0.5) is 0 Å². The van der Waals surface area contributed by atoms with Gasteiger partial charge in [0.2, 0.25) is 0 Å². The first-order valence-corrected chi connectivity index (χ1v) is 6.01. The highest BCUT2D eigenvalue weighted by Crippen LogP contribution is 2.09. The lowest BCUT2D eigenvalue weighted by Crippen LogP contribution is -2.38. The Kier molecular flexibility index (Phi) is 6.43. The molecule has 0 heterocycles. The molecule has 0 unspecified atom stereocenters. The molecule has 1 rings (SSSR count). The number of hydrogen-bond donors (Lipinski definition) is 3. The van der Waals surface area contributed by atoms with E-state index in [2.05, 4.69) is 15.6 Å². The molecule has 4 nitrogen and oxygen atoms in total. The van der Waals surface area contributed by atoms with Crippen molar-refractivity contribution >= 4 is 17.6 Å². The molecule has 0 spiro atoms. The van der Waals surface area contributed by atoms with Crippen LogP contribution in [0.3, 0.4) is 0 Å². The van der Waals surface area contributed by atoms with E-state index in [-0.39, 0.29) is 6.61 Å². The Bertz CT molecular complexity index is 351. The van der Waals surface area contributed by atoms with Gasteiger partial charge in [-0.15, -0.1) is 0 Å². The number of benzene rings is 1. The SMILES string of the molecule is CCNC(=NCc1ccc(Cl)cc1)NCCO. The third kappa shape index (κ3) is 5.56. The maximum absolute atomic E-state index is 8.74. The minimum Gasteiger partial charge on any atom is -0.395 e. The summed E-state index contributed by atoms with van der Waals surface area (Å²) >= 11 is 5.80. The maximum Gasteiger partial charge on any atom is 0.191 e. The predicted molar refractivity (Wildman–Crippen MR) is 71.4 cm³/mol. The van der Waals surface area contributed by atoms with Crippen LogP contribution >= 0.6 is 11.6 Å². The minimum atomic E-state index is 0.0887. The Morgan fingerprint density at radius 2 is 2.00 bits per heavy atom. The molecule has 0 aromatic heterocycles. The molecule has 0 aliphatic carbocycles. The van der Waals surface area contributed by atoms with E-state index in [1.165, 1.54) is 0 Å². The Hall–Kier alpha value is -1.26. The van der Waals surface area contributed by atoms with Crippen LogP contribution in [-0.4, -0.2) is 30.8 Å². The van der Waals surface area contributed by atoms with Gasteiger partial charge in [-0.2, -0.15) is 0 Å². The summed E-state index contributed by atoms with van der Waals surface area (Å²) in [6, 6.07) is 7.59. The smallest absolute Gasteiger partial charge is 0.191 e. The van der Waals surface area contributed by atoms with Gasteiger partial charge in [-0.05, 0) is 24.6 Å². The number of guanidine groups is 1. The number of halogens is 1. The largest absolute Gasteiger partial charge is 0.395 e. The second-order valence-corrected chi connectivity index (χ2v) is 3.91. The van der Waals surface area contributed by atoms with Crippen molar-refractivity contribution in [2.24, 2.45) is 4.99 Å². The molecule has 0 saturated carbocycles. The molecule has 94 valence electrons. The quantitative estimate of drug-likeness (QED) is 0.551. The van der Waals surface area contributed by atoms with Gasteiger partial charge in [0.25, 0.3) is 0 Å². The highest BCUT2D eigenvalue weighted by Gasteiger charge is 1.96. The molecule has 0 radical (unpaired) electrons. The summed E-state index contributed by atoms with van der Waals surface area (Å²) in [7, 11) is 0. The van der Waals surface area contributed by atoms with E-state index < -0.39 is 0 Å². The Morgan fingerprint density at radius 3 is 2.59 bits per heavy atom. The number of nitrogens with one attached hydrogen (secondary N) is 2. The van der Waals surface area contributed by atoms with Gasteiger partial charge in [0, 0.05) is 18.1 Å². The zero-order chi connectivity index (χ0) is 12.5. The fourth-order valence-corrected chi connectivity index (χ4v) is 1.40. The molecule has 0 saturated heterocycles. The van der Waals surface area contributed by atoms with Crippen LogP contribution in [0.2, 0.25) is 5.02 Å². The Balaban J connectivity index is 2.55. The molecule has 0 aliphatic heterocycles. The minimum absolute atomic E-state index is 0.0887. The number of aliphatic imine (C=N–C) groups is 1. The van der Waals surface area contributed by atoms with Gasteiger partial charge in [-0.1, -0.05) is 23.7 Å². The lowest BCUT2D eigenvalue weighted by atomic mass is 10.2. The summed E-state index contributed by atoms with van der Waals surface area (Å²) in [5, 5.41) is 15.6. The van der Waals surface area contributed by atoms with Crippen molar-refractivity contribution in [1.29, 1.82) is 0 Å². The lowest BCUT2D eigenvalue weighted by Gasteiger charge is -2.09. The number of hydrogen-bond acceptors (Lipinski definition) is 2. The van der Waals surface area contributed by atoms with Crippen LogP contribution in [0.15, 0.2) is 29.3 Å². The standard InChI is InChI=1S/C12H18ClN3O/c1-2-14-12(15-7-8-17)16-9-10-3-5-11(13)6-4-10/h3-6,17H,2,7-9H2,1H3,(H2,14,15,16). The molecule has 1 aromatic carbocycles. The highest BCUT2D eigenvalue weighted by molar-refractivity contribution is 6.30. The van der Waals surface area contributed by atoms with E-state index in [9.17, 15) is 0 Å². The van der Waals surface area contributed by atoms with Gasteiger partial charge in [-0.25, -0.2) is 4.99 Å². The normalized spacial score (nSPS) is 11.4. The average molecular weight is 256 g/mol. The summed E-state index contributed by atoms with van der Waals surface area (Å²) in [5.41, 5.74) is 1.09. The van der Waals surface area contributed by atoms with Crippen molar-refractivity contribution in [2.75, 3.05) is 19.7 Å². The summed E-state index contributed by atoms with van der Waals surface area (Å²) in [6.07, 6.45) is 0. The molecular formula is C12H18ClN3O. The summed E-state index contributed by atoms with van der Waals surface area (Å²) in [6.45, 7) is 3.95. The molecule has 17 heavy (non-hydrogen) atoms. The molecular weight excluding hydrogens is 238 g/mol. The van der Waals surface area contributed by atoms with E-state index in [1.807, 2.05) is 31.2 Å². The average Bonchev–Trinajstić information content (AvgIpc) is 2.35. The number of rotatable bonds is 5. The Morgan fingerprint density at radius 1 is 1.29 bits per heavy atom. The first kappa shape index (κ1) is 13.8. The van der Waals surface area contributed by atoms with E-state index in [4.69, 9.17) is 16.7 Å². The van der Waals surface area contributed by atoms with Crippen LogP contribution in [0.25, 0.3) is 0 Å². The molecule has 3 N–H and O–H groups in total. The first-order valence-electron chi connectivity index (χ1n) is 5.63. The zero-order valence-corrected chi connectivity index (χ0v) is 10.7. The van der Waals surface area contributed by atoms with Crippen molar-refractivity contribution in [1.82, 2.24) is 10.6 Å².